The average Bonchev–Trinajstić information content (AvgIpc) is 2.85. The number of nitrogens with one attached hydrogen (secondary N) is 3. The van der Waals surface area contributed by atoms with Gasteiger partial charge in [-0.25, -0.2) is 4.98 Å². The van der Waals surface area contributed by atoms with Gasteiger partial charge >= 0.3 is 0 Å². The fraction of sp³-hybridized carbons (Fsp3) is 0.500. The molecule has 1 aliphatic heterocycles. The molecule has 1 aromatic heterocycles. The molecule has 1 atom stereocenters. The predicted octanol–water partition coefficient (Wildman–Crippen LogP) is 2.59. The number of hydrogen-bond donors (Lipinski definition) is 3. The third-order valence-electron chi connectivity index (χ3n) is 4.06. The van der Waals surface area contributed by atoms with Gasteiger partial charge in [-0.15, -0.1) is 0 Å². The maximum atomic E-state index is 12.0. The molecule has 1 aliphatic rings. The van der Waals surface area contributed by atoms with Crippen LogP contribution in [-0.4, -0.2) is 29.0 Å². The number of carbonyl (C=O) groups is 1. The Balaban J connectivity index is 1.55. The van der Waals surface area contributed by atoms with Crippen molar-refractivity contribution in [1.29, 1.82) is 0 Å². The van der Waals surface area contributed by atoms with Crippen LogP contribution in [0.4, 0.5) is 5.69 Å². The summed E-state index contributed by atoms with van der Waals surface area (Å²) in [6, 6.07) is 5.78. The Labute approximate surface area is 124 Å². The highest BCUT2D eigenvalue weighted by atomic mass is 16.1. The van der Waals surface area contributed by atoms with Gasteiger partial charge < -0.3 is 15.6 Å². The van der Waals surface area contributed by atoms with E-state index in [9.17, 15) is 4.79 Å². The summed E-state index contributed by atoms with van der Waals surface area (Å²) in [5, 5.41) is 6.36. The van der Waals surface area contributed by atoms with Crippen LogP contribution in [-0.2, 0) is 4.79 Å². The van der Waals surface area contributed by atoms with E-state index in [0.717, 1.165) is 42.1 Å². The van der Waals surface area contributed by atoms with Crippen LogP contribution in [0.25, 0.3) is 11.0 Å². The topological polar surface area (TPSA) is 69.8 Å². The van der Waals surface area contributed by atoms with E-state index in [2.05, 4.69) is 20.6 Å². The first-order valence-corrected chi connectivity index (χ1v) is 7.67. The van der Waals surface area contributed by atoms with Crippen molar-refractivity contribution in [3.8, 4) is 0 Å². The van der Waals surface area contributed by atoms with Crippen LogP contribution >= 0.6 is 0 Å². The number of benzene rings is 1. The summed E-state index contributed by atoms with van der Waals surface area (Å²) in [4.78, 5) is 19.6. The number of nitrogens with zero attached hydrogens (tertiary/aromatic N) is 1. The largest absolute Gasteiger partial charge is 0.342 e. The third kappa shape index (κ3) is 3.61. The number of H-pyrrole nitrogens is 1. The average molecular weight is 286 g/mol. The zero-order chi connectivity index (χ0) is 14.7. The Morgan fingerprint density at radius 1 is 1.48 bits per heavy atom. The van der Waals surface area contributed by atoms with E-state index in [0.29, 0.717) is 12.3 Å². The monoisotopic (exact) mass is 286 g/mol. The van der Waals surface area contributed by atoms with Gasteiger partial charge in [0, 0.05) is 12.1 Å². The number of aromatic nitrogens is 2. The number of aromatic amines is 1. The standard InChI is InChI=1S/C16H22N4O/c1-11-18-14-6-5-13(9-15(14)19-11)20-16(21)7-4-12-3-2-8-17-10-12/h5-6,9,12,17H,2-4,7-8,10H2,1H3,(H,18,19)(H,20,21). The van der Waals surface area contributed by atoms with Gasteiger partial charge in [0.05, 0.1) is 11.0 Å². The molecular formula is C16H22N4O. The molecule has 1 saturated heterocycles. The SMILES string of the molecule is Cc1nc2ccc(NC(=O)CCC3CCCNC3)cc2[nH]1. The smallest absolute Gasteiger partial charge is 0.224 e. The fourth-order valence-electron chi connectivity index (χ4n) is 2.94. The van der Waals surface area contributed by atoms with Crippen molar-refractivity contribution in [3.63, 3.8) is 0 Å². The van der Waals surface area contributed by atoms with Crippen LogP contribution < -0.4 is 10.6 Å². The first kappa shape index (κ1) is 14.1. The Hall–Kier alpha value is -1.88. The Bertz CT molecular complexity index is 628. The predicted molar refractivity (Wildman–Crippen MR) is 84.3 cm³/mol. The number of amides is 1. The number of aryl methyl sites for hydroxylation is 1. The van der Waals surface area contributed by atoms with E-state index in [1.807, 2.05) is 25.1 Å². The zero-order valence-corrected chi connectivity index (χ0v) is 12.4. The molecule has 0 spiro atoms. The lowest BCUT2D eigenvalue weighted by Crippen LogP contribution is -2.30. The number of fused-ring (bicyclic) bond motifs is 1. The van der Waals surface area contributed by atoms with Gasteiger partial charge in [-0.2, -0.15) is 0 Å². The molecular weight excluding hydrogens is 264 g/mol. The number of carbonyl (C=O) groups excluding carboxylic acids is 1. The van der Waals surface area contributed by atoms with Crippen molar-refractivity contribution in [3.05, 3.63) is 24.0 Å². The van der Waals surface area contributed by atoms with Crippen LogP contribution in [0.2, 0.25) is 0 Å². The molecule has 112 valence electrons. The van der Waals surface area contributed by atoms with E-state index in [1.165, 1.54) is 12.8 Å². The van der Waals surface area contributed by atoms with Crippen molar-refractivity contribution in [2.45, 2.75) is 32.6 Å². The second-order valence-electron chi connectivity index (χ2n) is 5.85. The molecule has 3 N–H and O–H groups in total. The van der Waals surface area contributed by atoms with Gasteiger partial charge in [0.1, 0.15) is 5.82 Å². The number of imidazole rings is 1. The van der Waals surface area contributed by atoms with E-state index >= 15 is 0 Å². The second kappa shape index (κ2) is 6.26. The van der Waals surface area contributed by atoms with Gasteiger partial charge in [0.15, 0.2) is 0 Å². The summed E-state index contributed by atoms with van der Waals surface area (Å²) in [7, 11) is 0. The Kier molecular flexibility index (Phi) is 4.20. The van der Waals surface area contributed by atoms with E-state index < -0.39 is 0 Å². The van der Waals surface area contributed by atoms with Crippen molar-refractivity contribution in [2.75, 3.05) is 18.4 Å². The zero-order valence-electron chi connectivity index (χ0n) is 12.4. The normalized spacial score (nSPS) is 18.8. The molecule has 3 rings (SSSR count). The summed E-state index contributed by atoms with van der Waals surface area (Å²) >= 11 is 0. The quantitative estimate of drug-likeness (QED) is 0.809. The molecule has 0 radical (unpaired) electrons. The van der Waals surface area contributed by atoms with Gasteiger partial charge in [0.2, 0.25) is 5.91 Å². The first-order valence-electron chi connectivity index (χ1n) is 7.67. The van der Waals surface area contributed by atoms with Crippen LogP contribution in [0.15, 0.2) is 18.2 Å². The van der Waals surface area contributed by atoms with Crippen molar-refractivity contribution in [1.82, 2.24) is 15.3 Å². The number of piperidine rings is 1. The van der Waals surface area contributed by atoms with Crippen molar-refractivity contribution in [2.24, 2.45) is 5.92 Å². The van der Waals surface area contributed by atoms with Crippen LogP contribution in [0.5, 0.6) is 0 Å². The molecule has 1 aromatic carbocycles. The van der Waals surface area contributed by atoms with E-state index in [-0.39, 0.29) is 5.91 Å². The highest BCUT2D eigenvalue weighted by molar-refractivity contribution is 5.93. The Morgan fingerprint density at radius 3 is 3.19 bits per heavy atom. The summed E-state index contributed by atoms with van der Waals surface area (Å²) in [6.45, 7) is 4.09. The molecule has 1 unspecified atom stereocenters. The van der Waals surface area contributed by atoms with Gasteiger partial charge in [-0.1, -0.05) is 0 Å². The lowest BCUT2D eigenvalue weighted by atomic mass is 9.94. The third-order valence-corrected chi connectivity index (χ3v) is 4.06. The maximum absolute atomic E-state index is 12.0. The summed E-state index contributed by atoms with van der Waals surface area (Å²) < 4.78 is 0. The molecule has 1 fully saturated rings. The fourth-order valence-corrected chi connectivity index (χ4v) is 2.94. The number of hydrogen-bond acceptors (Lipinski definition) is 3. The number of anilines is 1. The molecule has 0 bridgehead atoms. The number of rotatable bonds is 4. The molecule has 2 aromatic rings. The maximum Gasteiger partial charge on any atom is 0.224 e. The highest BCUT2D eigenvalue weighted by Crippen LogP contribution is 2.19. The van der Waals surface area contributed by atoms with Crippen LogP contribution in [0.1, 0.15) is 31.5 Å². The van der Waals surface area contributed by atoms with Crippen LogP contribution in [0.3, 0.4) is 0 Å². The lowest BCUT2D eigenvalue weighted by molar-refractivity contribution is -0.116. The molecule has 1 amide bonds. The van der Waals surface area contributed by atoms with Gasteiger partial charge in [0.25, 0.3) is 0 Å². The Morgan fingerprint density at radius 2 is 2.38 bits per heavy atom. The lowest BCUT2D eigenvalue weighted by Gasteiger charge is -2.22. The molecule has 5 nitrogen and oxygen atoms in total. The van der Waals surface area contributed by atoms with Crippen molar-refractivity contribution >= 4 is 22.6 Å². The van der Waals surface area contributed by atoms with E-state index in [4.69, 9.17) is 0 Å². The first-order chi connectivity index (χ1) is 10.2. The summed E-state index contributed by atoms with van der Waals surface area (Å²) in [6.07, 6.45) is 4.01. The summed E-state index contributed by atoms with van der Waals surface area (Å²) in [5.74, 6) is 1.62. The molecule has 21 heavy (non-hydrogen) atoms. The molecule has 2 heterocycles. The highest BCUT2D eigenvalue weighted by Gasteiger charge is 2.14. The van der Waals surface area contributed by atoms with Gasteiger partial charge in [-0.3, -0.25) is 4.79 Å². The molecule has 5 heteroatoms. The van der Waals surface area contributed by atoms with E-state index in [1.54, 1.807) is 0 Å². The summed E-state index contributed by atoms with van der Waals surface area (Å²) in [5.41, 5.74) is 2.72. The molecule has 0 aliphatic carbocycles. The minimum atomic E-state index is 0.0937. The molecule has 0 saturated carbocycles. The second-order valence-corrected chi connectivity index (χ2v) is 5.85. The minimum Gasteiger partial charge on any atom is -0.342 e. The van der Waals surface area contributed by atoms with Crippen molar-refractivity contribution < 1.29 is 4.79 Å². The van der Waals surface area contributed by atoms with Gasteiger partial charge in [-0.05, 0) is 63.4 Å². The van der Waals surface area contributed by atoms with Crippen LogP contribution in [0, 0.1) is 12.8 Å². The minimum absolute atomic E-state index is 0.0937.